The largest absolute Gasteiger partial charge is 0.481 e. The van der Waals surface area contributed by atoms with Gasteiger partial charge in [0, 0.05) is 24.5 Å². The van der Waals surface area contributed by atoms with Gasteiger partial charge in [-0.15, -0.1) is 0 Å². The van der Waals surface area contributed by atoms with Crippen molar-refractivity contribution in [2.45, 2.75) is 106 Å². The Morgan fingerprint density at radius 2 is 1.86 bits per heavy atom. The van der Waals surface area contributed by atoms with Gasteiger partial charge in [0.15, 0.2) is 0 Å². The SMILES string of the molecule is CO[C@@H]1C[C@@]23COC[C@@](C)([C@@H]2CC[C@H]2C3=CC[C@@]3(C)[C@H](C(=O)O)[C@@](C)([C@H](C)C(C)C)CC[C@]23C)[C@H]1OCCNCCCN. The minimum Gasteiger partial charge on any atom is -0.481 e. The van der Waals surface area contributed by atoms with Gasteiger partial charge in [-0.25, -0.2) is 0 Å². The van der Waals surface area contributed by atoms with Crippen LogP contribution in [0.15, 0.2) is 11.6 Å². The van der Waals surface area contributed by atoms with Crippen molar-refractivity contribution in [3.63, 3.8) is 0 Å². The summed E-state index contributed by atoms with van der Waals surface area (Å²) in [5.74, 6) is 0.662. The van der Waals surface area contributed by atoms with Gasteiger partial charge in [0.1, 0.15) is 0 Å². The van der Waals surface area contributed by atoms with E-state index in [2.05, 4.69) is 59.9 Å². The van der Waals surface area contributed by atoms with Crippen LogP contribution in [-0.4, -0.2) is 69.8 Å². The van der Waals surface area contributed by atoms with Gasteiger partial charge in [0.2, 0.25) is 0 Å². The molecule has 4 N–H and O–H groups in total. The molecule has 0 radical (unpaired) electrons. The van der Waals surface area contributed by atoms with Gasteiger partial charge in [-0.05, 0) is 98.0 Å². The van der Waals surface area contributed by atoms with Crippen molar-refractivity contribution in [3.05, 3.63) is 11.6 Å². The van der Waals surface area contributed by atoms with Crippen LogP contribution in [0, 0.1) is 56.7 Å². The lowest BCUT2D eigenvalue weighted by Crippen LogP contribution is -2.70. The van der Waals surface area contributed by atoms with Crippen LogP contribution in [0.2, 0.25) is 0 Å². The molecule has 0 aromatic carbocycles. The van der Waals surface area contributed by atoms with E-state index in [1.807, 2.05) is 7.11 Å². The number of nitrogens with two attached hydrogens (primary N) is 1. The van der Waals surface area contributed by atoms with Crippen LogP contribution in [0.5, 0.6) is 0 Å². The lowest BCUT2D eigenvalue weighted by Gasteiger charge is -2.71. The highest BCUT2D eigenvalue weighted by Crippen LogP contribution is 2.75. The third kappa shape index (κ3) is 4.89. The highest BCUT2D eigenvalue weighted by Gasteiger charge is 2.71. The second-order valence-electron chi connectivity index (χ2n) is 16.5. The standard InChI is InChI=1S/C36H62N2O5/c1-23(2)24(3)32(4)14-15-34(6)25-10-11-28-33(5)21-42-22-36(28,26(25)12-13-35(34,7)29(32)31(39)40)20-27(41-8)30(33)43-19-18-38-17-9-16-37/h12,23-25,27-30,38H,9-11,13-22,37H2,1-8H3,(H,39,40)/t24-,25+,27-,28+,29-,30+,32-,33+,34-,35+,36+/m1/s1. The zero-order valence-electron chi connectivity index (χ0n) is 28.5. The summed E-state index contributed by atoms with van der Waals surface area (Å²) in [7, 11) is 1.85. The molecule has 0 aromatic rings. The molecule has 4 fully saturated rings. The molecule has 7 nitrogen and oxygen atoms in total. The van der Waals surface area contributed by atoms with E-state index in [4.69, 9.17) is 19.9 Å². The normalized spacial score (nSPS) is 46.4. The van der Waals surface area contributed by atoms with E-state index >= 15 is 0 Å². The van der Waals surface area contributed by atoms with Crippen LogP contribution in [0.25, 0.3) is 0 Å². The Morgan fingerprint density at radius 3 is 2.51 bits per heavy atom. The van der Waals surface area contributed by atoms with Gasteiger partial charge in [-0.1, -0.05) is 60.1 Å². The fourth-order valence-corrected chi connectivity index (χ4v) is 11.7. The van der Waals surface area contributed by atoms with Gasteiger partial charge in [-0.3, -0.25) is 4.79 Å². The van der Waals surface area contributed by atoms with E-state index in [0.717, 1.165) is 64.6 Å². The third-order valence-corrected chi connectivity index (χ3v) is 14.5. The fourth-order valence-electron chi connectivity index (χ4n) is 11.7. The number of carboxylic acid groups (broad SMARTS) is 1. The molecule has 1 heterocycles. The molecule has 1 saturated heterocycles. The predicted octanol–water partition coefficient (Wildman–Crippen LogP) is 5.91. The van der Waals surface area contributed by atoms with Crippen LogP contribution in [0.1, 0.15) is 93.4 Å². The molecule has 3 saturated carbocycles. The number of nitrogens with one attached hydrogen (secondary N) is 1. The predicted molar refractivity (Wildman–Crippen MR) is 171 cm³/mol. The summed E-state index contributed by atoms with van der Waals surface area (Å²) >= 11 is 0. The zero-order valence-corrected chi connectivity index (χ0v) is 28.5. The van der Waals surface area contributed by atoms with Gasteiger partial charge in [0.05, 0.1) is 37.9 Å². The number of ether oxygens (including phenoxy) is 3. The lowest BCUT2D eigenvalue weighted by molar-refractivity contribution is -0.266. The van der Waals surface area contributed by atoms with E-state index in [1.165, 1.54) is 0 Å². The molecule has 11 atom stereocenters. The maximum absolute atomic E-state index is 13.3. The van der Waals surface area contributed by atoms with E-state index in [0.29, 0.717) is 43.4 Å². The number of hydrogen-bond acceptors (Lipinski definition) is 6. The number of allylic oxidation sites excluding steroid dienone is 1. The molecular weight excluding hydrogens is 540 g/mol. The smallest absolute Gasteiger partial charge is 0.307 e. The minimum atomic E-state index is -0.602. The van der Waals surface area contributed by atoms with E-state index in [9.17, 15) is 9.90 Å². The third-order valence-electron chi connectivity index (χ3n) is 14.5. The molecule has 43 heavy (non-hydrogen) atoms. The number of aliphatic carboxylic acids is 1. The van der Waals surface area contributed by atoms with Gasteiger partial charge < -0.3 is 30.4 Å². The number of fused-ring (bicyclic) bond motifs is 3. The summed E-state index contributed by atoms with van der Waals surface area (Å²) in [6.45, 7) is 20.8. The monoisotopic (exact) mass is 602 g/mol. The molecule has 246 valence electrons. The van der Waals surface area contributed by atoms with Crippen LogP contribution in [0.4, 0.5) is 0 Å². The molecule has 0 amide bonds. The summed E-state index contributed by atoms with van der Waals surface area (Å²) in [5.41, 5.74) is 6.39. The Labute approximate surface area is 261 Å². The van der Waals surface area contributed by atoms with Crippen LogP contribution in [-0.2, 0) is 19.0 Å². The maximum atomic E-state index is 13.3. The summed E-state index contributed by atoms with van der Waals surface area (Å²) in [6, 6.07) is 0. The molecule has 5 aliphatic rings. The average molecular weight is 603 g/mol. The molecule has 0 spiro atoms. The molecule has 5 rings (SSSR count). The van der Waals surface area contributed by atoms with Crippen LogP contribution < -0.4 is 11.1 Å². The lowest BCUT2D eigenvalue weighted by atomic mass is 9.34. The fraction of sp³-hybridized carbons (Fsp3) is 0.917. The number of rotatable bonds is 11. The summed E-state index contributed by atoms with van der Waals surface area (Å²) in [5, 5.41) is 14.4. The van der Waals surface area contributed by atoms with Gasteiger partial charge >= 0.3 is 5.97 Å². The number of hydrogen-bond donors (Lipinski definition) is 3. The first kappa shape index (κ1) is 33.4. The van der Waals surface area contributed by atoms with Crippen molar-refractivity contribution in [1.82, 2.24) is 5.32 Å². The van der Waals surface area contributed by atoms with Gasteiger partial charge in [0.25, 0.3) is 0 Å². The molecular formula is C36H62N2O5. The second-order valence-corrected chi connectivity index (χ2v) is 16.5. The van der Waals surface area contributed by atoms with Crippen molar-refractivity contribution >= 4 is 5.97 Å². The van der Waals surface area contributed by atoms with Crippen molar-refractivity contribution in [2.75, 3.05) is 46.6 Å². The van der Waals surface area contributed by atoms with E-state index in [1.54, 1.807) is 5.57 Å². The first-order valence-corrected chi connectivity index (χ1v) is 17.3. The Balaban J connectivity index is 1.48. The summed E-state index contributed by atoms with van der Waals surface area (Å²) in [6.07, 6.45) is 9.52. The first-order valence-electron chi connectivity index (χ1n) is 17.3. The van der Waals surface area contributed by atoms with E-state index < -0.39 is 5.97 Å². The maximum Gasteiger partial charge on any atom is 0.307 e. The number of carboxylic acids is 1. The highest BCUT2D eigenvalue weighted by molar-refractivity contribution is 5.73. The quantitative estimate of drug-likeness (QED) is 0.199. The topological polar surface area (TPSA) is 103 Å². The van der Waals surface area contributed by atoms with E-state index in [-0.39, 0.29) is 45.2 Å². The van der Waals surface area contributed by atoms with Crippen molar-refractivity contribution in [1.29, 1.82) is 0 Å². The van der Waals surface area contributed by atoms with Crippen molar-refractivity contribution in [3.8, 4) is 0 Å². The number of carbonyl (C=O) groups is 1. The molecule has 7 heteroatoms. The first-order chi connectivity index (χ1) is 20.3. The Bertz CT molecular complexity index is 1060. The molecule has 0 unspecified atom stereocenters. The summed E-state index contributed by atoms with van der Waals surface area (Å²) < 4.78 is 19.5. The average Bonchev–Trinajstić information content (AvgIpc) is 2.95. The zero-order chi connectivity index (χ0) is 31.4. The van der Waals surface area contributed by atoms with Crippen molar-refractivity contribution < 1.29 is 24.1 Å². The molecule has 4 aliphatic carbocycles. The molecule has 2 bridgehead atoms. The Morgan fingerprint density at radius 1 is 1.12 bits per heavy atom. The Kier molecular flexibility index (Phi) is 9.30. The Hall–Kier alpha value is -0.990. The minimum absolute atomic E-state index is 0.00302. The van der Waals surface area contributed by atoms with Crippen LogP contribution in [0.3, 0.4) is 0 Å². The summed E-state index contributed by atoms with van der Waals surface area (Å²) in [4.78, 5) is 13.3. The van der Waals surface area contributed by atoms with Crippen molar-refractivity contribution in [2.24, 2.45) is 62.4 Å². The molecule has 0 aromatic heterocycles. The number of methoxy groups -OCH3 is 1. The second kappa shape index (κ2) is 12.0. The van der Waals surface area contributed by atoms with Crippen LogP contribution >= 0.6 is 0 Å². The highest BCUT2D eigenvalue weighted by atomic mass is 16.5. The van der Waals surface area contributed by atoms with Gasteiger partial charge in [-0.2, -0.15) is 0 Å². The molecule has 1 aliphatic heterocycles.